The number of hydrogen-bond donors (Lipinski definition) is 3. The topological polar surface area (TPSA) is 89.9 Å². The Balaban J connectivity index is 2.12. The second-order valence-corrected chi connectivity index (χ2v) is 8.46. The fraction of sp³-hybridized carbons (Fsp3) is 0.533. The number of anilines is 1. The number of thiocarbonyl (C=S) groups is 1. The summed E-state index contributed by atoms with van der Waals surface area (Å²) in [5, 5.41) is 22.2. The number of aliphatic hydroxyl groups is 2. The lowest BCUT2D eigenvalue weighted by Gasteiger charge is -2.32. The van der Waals surface area contributed by atoms with Crippen molar-refractivity contribution in [2.75, 3.05) is 30.0 Å². The first-order valence-corrected chi connectivity index (χ1v) is 9.67. The fourth-order valence-corrected chi connectivity index (χ4v) is 4.61. The van der Waals surface area contributed by atoms with Crippen LogP contribution in [0.1, 0.15) is 12.0 Å². The molecule has 1 saturated heterocycles. The summed E-state index contributed by atoms with van der Waals surface area (Å²) < 4.78 is 23.4. The van der Waals surface area contributed by atoms with Gasteiger partial charge in [-0.3, -0.25) is 0 Å². The van der Waals surface area contributed by atoms with Crippen LogP contribution in [0.25, 0.3) is 0 Å². The third kappa shape index (κ3) is 5.13. The smallest absolute Gasteiger partial charge is 0.173 e. The van der Waals surface area contributed by atoms with Crippen molar-refractivity contribution in [1.29, 1.82) is 0 Å². The van der Waals surface area contributed by atoms with Crippen LogP contribution in [0.2, 0.25) is 0 Å². The predicted octanol–water partition coefficient (Wildman–Crippen LogP) is 0.534. The number of nitrogens with zero attached hydrogens (tertiary/aromatic N) is 1. The van der Waals surface area contributed by atoms with E-state index >= 15 is 0 Å². The molecule has 0 spiro atoms. The average Bonchev–Trinajstić information content (AvgIpc) is 2.86. The largest absolute Gasteiger partial charge is 0.394 e. The van der Waals surface area contributed by atoms with E-state index in [-0.39, 0.29) is 24.1 Å². The normalized spacial score (nSPS) is 20.9. The Kier molecular flexibility index (Phi) is 5.96. The highest BCUT2D eigenvalue weighted by atomic mass is 32.2. The molecule has 0 amide bonds. The van der Waals surface area contributed by atoms with Crippen LogP contribution in [0.3, 0.4) is 0 Å². The van der Waals surface area contributed by atoms with Crippen molar-refractivity contribution in [3.05, 3.63) is 29.8 Å². The SMILES string of the molecule is Cc1ccc(NC(=S)N(C[C@@H](O)CO)[C@@H]2CCS(=O)(=O)C2)cc1. The Morgan fingerprint density at radius 3 is 2.61 bits per heavy atom. The molecule has 0 saturated carbocycles. The number of benzene rings is 1. The molecular formula is C15H22N2O4S2. The van der Waals surface area contributed by atoms with Crippen molar-refractivity contribution >= 4 is 32.9 Å². The molecule has 2 rings (SSSR count). The van der Waals surface area contributed by atoms with E-state index in [1.54, 1.807) is 4.90 Å². The van der Waals surface area contributed by atoms with Crippen LogP contribution in [-0.4, -0.2) is 65.4 Å². The van der Waals surface area contributed by atoms with Crippen LogP contribution >= 0.6 is 12.2 Å². The highest BCUT2D eigenvalue weighted by molar-refractivity contribution is 7.91. The molecular weight excluding hydrogens is 336 g/mol. The zero-order chi connectivity index (χ0) is 17.0. The van der Waals surface area contributed by atoms with E-state index in [1.807, 2.05) is 31.2 Å². The maximum atomic E-state index is 11.7. The fourth-order valence-electron chi connectivity index (χ4n) is 2.54. The second kappa shape index (κ2) is 7.57. The van der Waals surface area contributed by atoms with Crippen LogP contribution < -0.4 is 5.32 Å². The molecule has 1 aliphatic heterocycles. The van der Waals surface area contributed by atoms with E-state index in [0.29, 0.717) is 11.5 Å². The third-order valence-electron chi connectivity index (χ3n) is 3.83. The summed E-state index contributed by atoms with van der Waals surface area (Å²) in [6.45, 7) is 1.67. The number of nitrogens with one attached hydrogen (secondary N) is 1. The summed E-state index contributed by atoms with van der Waals surface area (Å²) in [6.07, 6.45) is -0.507. The van der Waals surface area contributed by atoms with Crippen LogP contribution in [-0.2, 0) is 9.84 Å². The van der Waals surface area contributed by atoms with Crippen molar-refractivity contribution in [3.63, 3.8) is 0 Å². The van der Waals surface area contributed by atoms with Gasteiger partial charge in [-0.05, 0) is 37.7 Å². The number of rotatable bonds is 5. The summed E-state index contributed by atoms with van der Waals surface area (Å²) in [7, 11) is -3.07. The first-order chi connectivity index (χ1) is 10.8. The molecule has 3 N–H and O–H groups in total. The molecule has 1 aromatic rings. The summed E-state index contributed by atoms with van der Waals surface area (Å²) in [5.41, 5.74) is 1.92. The molecule has 128 valence electrons. The molecule has 0 bridgehead atoms. The Morgan fingerprint density at radius 1 is 1.43 bits per heavy atom. The minimum Gasteiger partial charge on any atom is -0.394 e. The Labute approximate surface area is 142 Å². The monoisotopic (exact) mass is 358 g/mol. The zero-order valence-electron chi connectivity index (χ0n) is 13.0. The third-order valence-corrected chi connectivity index (χ3v) is 5.92. The van der Waals surface area contributed by atoms with Crippen molar-refractivity contribution in [2.45, 2.75) is 25.5 Å². The van der Waals surface area contributed by atoms with Gasteiger partial charge in [0.2, 0.25) is 0 Å². The summed E-state index contributed by atoms with van der Waals surface area (Å²) in [5.74, 6) is 0.136. The van der Waals surface area contributed by atoms with Gasteiger partial charge in [-0.15, -0.1) is 0 Å². The van der Waals surface area contributed by atoms with Gasteiger partial charge in [0.1, 0.15) is 0 Å². The number of aliphatic hydroxyl groups excluding tert-OH is 2. The van der Waals surface area contributed by atoms with Gasteiger partial charge in [-0.2, -0.15) is 0 Å². The lowest BCUT2D eigenvalue weighted by molar-refractivity contribution is 0.0705. The maximum absolute atomic E-state index is 11.7. The molecule has 1 aromatic carbocycles. The molecule has 0 unspecified atom stereocenters. The molecule has 0 aliphatic carbocycles. The molecule has 8 heteroatoms. The number of sulfone groups is 1. The Morgan fingerprint density at radius 2 is 2.09 bits per heavy atom. The summed E-state index contributed by atoms with van der Waals surface area (Å²) in [6, 6.07) is 7.36. The molecule has 1 fully saturated rings. The van der Waals surface area contributed by atoms with Gasteiger partial charge >= 0.3 is 0 Å². The zero-order valence-corrected chi connectivity index (χ0v) is 14.6. The molecule has 6 nitrogen and oxygen atoms in total. The predicted molar refractivity (Wildman–Crippen MR) is 94.3 cm³/mol. The van der Waals surface area contributed by atoms with E-state index in [0.717, 1.165) is 11.3 Å². The first-order valence-electron chi connectivity index (χ1n) is 7.44. The minimum atomic E-state index is -3.07. The highest BCUT2D eigenvalue weighted by Crippen LogP contribution is 2.20. The van der Waals surface area contributed by atoms with E-state index < -0.39 is 22.5 Å². The highest BCUT2D eigenvalue weighted by Gasteiger charge is 2.34. The standard InChI is InChI=1S/C15H22N2O4S2/c1-11-2-4-12(5-3-11)16-15(22)17(8-14(19)9-18)13-6-7-23(20,21)10-13/h2-5,13-14,18-19H,6-10H2,1H3,(H,16,22)/t13-,14-/m1/s1. The molecule has 2 atom stereocenters. The number of hydrogen-bond acceptors (Lipinski definition) is 5. The molecule has 0 radical (unpaired) electrons. The van der Waals surface area contributed by atoms with Crippen LogP contribution in [0, 0.1) is 6.92 Å². The van der Waals surface area contributed by atoms with Crippen molar-refractivity contribution in [3.8, 4) is 0 Å². The Hall–Kier alpha value is -1.22. The lowest BCUT2D eigenvalue weighted by atomic mass is 10.2. The summed E-state index contributed by atoms with van der Waals surface area (Å²) in [4.78, 5) is 1.67. The van der Waals surface area contributed by atoms with Crippen LogP contribution in [0.15, 0.2) is 24.3 Å². The van der Waals surface area contributed by atoms with Crippen molar-refractivity contribution < 1.29 is 18.6 Å². The number of aryl methyl sites for hydroxylation is 1. The second-order valence-electron chi connectivity index (χ2n) is 5.84. The average molecular weight is 358 g/mol. The van der Waals surface area contributed by atoms with E-state index in [1.165, 1.54) is 0 Å². The van der Waals surface area contributed by atoms with Gasteiger partial charge in [0, 0.05) is 18.3 Å². The van der Waals surface area contributed by atoms with Gasteiger partial charge < -0.3 is 20.4 Å². The summed E-state index contributed by atoms with van der Waals surface area (Å²) >= 11 is 5.40. The molecule has 23 heavy (non-hydrogen) atoms. The van der Waals surface area contributed by atoms with E-state index in [4.69, 9.17) is 17.3 Å². The molecule has 1 heterocycles. The van der Waals surface area contributed by atoms with Crippen LogP contribution in [0.5, 0.6) is 0 Å². The van der Waals surface area contributed by atoms with E-state index in [9.17, 15) is 13.5 Å². The van der Waals surface area contributed by atoms with E-state index in [2.05, 4.69) is 5.32 Å². The van der Waals surface area contributed by atoms with Gasteiger partial charge in [-0.1, -0.05) is 17.7 Å². The lowest BCUT2D eigenvalue weighted by Crippen LogP contribution is -2.47. The van der Waals surface area contributed by atoms with Crippen molar-refractivity contribution in [1.82, 2.24) is 4.90 Å². The Bertz CT molecular complexity index is 646. The van der Waals surface area contributed by atoms with Gasteiger partial charge in [0.15, 0.2) is 14.9 Å². The van der Waals surface area contributed by atoms with Gasteiger partial charge in [0.05, 0.1) is 24.2 Å². The van der Waals surface area contributed by atoms with Crippen LogP contribution in [0.4, 0.5) is 5.69 Å². The van der Waals surface area contributed by atoms with Crippen molar-refractivity contribution in [2.24, 2.45) is 0 Å². The maximum Gasteiger partial charge on any atom is 0.173 e. The minimum absolute atomic E-state index is 0.0147. The molecule has 0 aromatic heterocycles. The quantitative estimate of drug-likeness (QED) is 0.662. The first kappa shape index (κ1) is 18.1. The van der Waals surface area contributed by atoms with Gasteiger partial charge in [-0.25, -0.2) is 8.42 Å². The van der Waals surface area contributed by atoms with Gasteiger partial charge in [0.25, 0.3) is 0 Å². The molecule has 1 aliphatic rings.